The van der Waals surface area contributed by atoms with Gasteiger partial charge in [-0.05, 0) is 0 Å². The van der Waals surface area contributed by atoms with Crippen molar-refractivity contribution >= 4 is 11.7 Å². The highest BCUT2D eigenvalue weighted by Crippen LogP contribution is 2.32. The number of anilines is 1. The van der Waals surface area contributed by atoms with Gasteiger partial charge >= 0.3 is 5.97 Å². The van der Waals surface area contributed by atoms with Crippen molar-refractivity contribution in [1.82, 2.24) is 0 Å². The monoisotopic (exact) mass is 225 g/mol. The first-order valence-electron chi connectivity index (χ1n) is 3.39. The molecule has 15 heavy (non-hydrogen) atoms. The van der Waals surface area contributed by atoms with E-state index in [4.69, 9.17) is 10.8 Å². The summed E-state index contributed by atoms with van der Waals surface area (Å²) in [6, 6.07) is 0. The Morgan fingerprint density at radius 1 is 1.20 bits per heavy atom. The fraction of sp³-hybridized carbons (Fsp3) is 0. The molecule has 0 atom stereocenters. The van der Waals surface area contributed by atoms with Gasteiger partial charge in [0.15, 0.2) is 11.6 Å². The van der Waals surface area contributed by atoms with E-state index in [1.165, 1.54) is 0 Å². The Bertz CT molecular complexity index is 435. The number of rotatable bonds is 2. The first-order chi connectivity index (χ1) is 6.91. The van der Waals surface area contributed by atoms with Crippen LogP contribution < -0.4 is 10.7 Å². The van der Waals surface area contributed by atoms with E-state index < -0.39 is 40.4 Å². The molecule has 0 aliphatic rings. The van der Waals surface area contributed by atoms with Crippen LogP contribution in [0, 0.1) is 17.5 Å². The van der Waals surface area contributed by atoms with Crippen molar-refractivity contribution in [3.63, 3.8) is 0 Å². The number of aromatic carboxylic acids is 1. The molecule has 0 aliphatic carbocycles. The Balaban J connectivity index is 3.70. The van der Waals surface area contributed by atoms with Gasteiger partial charge in [0.05, 0.1) is 0 Å². The van der Waals surface area contributed by atoms with Crippen molar-refractivity contribution in [3.05, 3.63) is 23.0 Å². The highest BCUT2D eigenvalue weighted by molar-refractivity contribution is 5.92. The van der Waals surface area contributed by atoms with E-state index in [1.54, 1.807) is 0 Å². The zero-order valence-electron chi connectivity index (χ0n) is 6.85. The summed E-state index contributed by atoms with van der Waals surface area (Å²) in [5.74, 6) is -9.44. The number of nitrogens with two attached hydrogens (primary N) is 1. The molecule has 1 aromatic rings. The van der Waals surface area contributed by atoms with Crippen molar-refractivity contribution in [3.8, 4) is 5.75 Å². The second-order valence-electron chi connectivity index (χ2n) is 2.44. The second-order valence-corrected chi connectivity index (χ2v) is 2.44. The molecule has 0 fully saturated rings. The molecular formula is C7H3F4NO3. The van der Waals surface area contributed by atoms with Crippen LogP contribution in [-0.2, 0) is 0 Å². The van der Waals surface area contributed by atoms with Gasteiger partial charge in [0.1, 0.15) is 11.3 Å². The van der Waals surface area contributed by atoms with Gasteiger partial charge in [0.2, 0.25) is 11.6 Å². The fourth-order valence-corrected chi connectivity index (χ4v) is 0.922. The average Bonchev–Trinajstić information content (AvgIpc) is 2.19. The largest absolute Gasteiger partial charge is 0.477 e. The smallest absolute Gasteiger partial charge is 0.342 e. The molecule has 0 unspecified atom stereocenters. The maximum absolute atomic E-state index is 13.0. The summed E-state index contributed by atoms with van der Waals surface area (Å²) in [4.78, 5) is 13.1. The van der Waals surface area contributed by atoms with Gasteiger partial charge in [0, 0.05) is 4.53 Å². The first kappa shape index (κ1) is 11.1. The maximum atomic E-state index is 13.0. The number of carboxylic acids is 1. The van der Waals surface area contributed by atoms with Crippen molar-refractivity contribution in [2.24, 2.45) is 0 Å². The quantitative estimate of drug-likeness (QED) is 0.456. The molecule has 0 saturated heterocycles. The van der Waals surface area contributed by atoms with E-state index in [1.807, 2.05) is 0 Å². The van der Waals surface area contributed by atoms with Crippen LogP contribution in [0.1, 0.15) is 10.4 Å². The molecule has 0 bridgehead atoms. The molecule has 0 radical (unpaired) electrons. The lowest BCUT2D eigenvalue weighted by Crippen LogP contribution is -2.10. The van der Waals surface area contributed by atoms with Gasteiger partial charge in [-0.25, -0.2) is 13.6 Å². The van der Waals surface area contributed by atoms with Crippen LogP contribution in [-0.4, -0.2) is 11.1 Å². The predicted octanol–water partition coefficient (Wildman–Crippen LogP) is 1.65. The zero-order valence-corrected chi connectivity index (χ0v) is 6.85. The summed E-state index contributed by atoms with van der Waals surface area (Å²) < 4.78 is 50.2. The fourth-order valence-electron chi connectivity index (χ4n) is 0.922. The molecule has 0 heterocycles. The SMILES string of the molecule is Nc1c(F)c(F)c(OF)c(C(=O)O)c1F. The van der Waals surface area contributed by atoms with Gasteiger partial charge in [-0.3, -0.25) is 4.94 Å². The van der Waals surface area contributed by atoms with Crippen molar-refractivity contribution in [2.75, 3.05) is 5.73 Å². The topological polar surface area (TPSA) is 72.5 Å². The Kier molecular flexibility index (Phi) is 2.69. The molecular weight excluding hydrogens is 222 g/mol. The third-order valence-electron chi connectivity index (χ3n) is 1.60. The van der Waals surface area contributed by atoms with Crippen molar-refractivity contribution < 1.29 is 32.5 Å². The molecule has 3 N–H and O–H groups in total. The number of carboxylic acid groups (broad SMARTS) is 1. The van der Waals surface area contributed by atoms with E-state index in [9.17, 15) is 22.5 Å². The Morgan fingerprint density at radius 2 is 1.73 bits per heavy atom. The maximum Gasteiger partial charge on any atom is 0.342 e. The number of carbonyl (C=O) groups is 1. The summed E-state index contributed by atoms with van der Waals surface area (Å²) in [5, 5.41) is 8.39. The minimum atomic E-state index is -2.04. The minimum absolute atomic E-state index is 1.36. The Labute approximate surface area is 79.8 Å². The van der Waals surface area contributed by atoms with Crippen molar-refractivity contribution in [2.45, 2.75) is 0 Å². The van der Waals surface area contributed by atoms with Crippen LogP contribution >= 0.6 is 0 Å². The van der Waals surface area contributed by atoms with Gasteiger partial charge in [-0.15, -0.1) is 0 Å². The number of hydrogen-bond acceptors (Lipinski definition) is 3. The van der Waals surface area contributed by atoms with Gasteiger partial charge < -0.3 is 10.8 Å². The van der Waals surface area contributed by atoms with Gasteiger partial charge in [-0.1, -0.05) is 0 Å². The van der Waals surface area contributed by atoms with Gasteiger partial charge in [0.25, 0.3) is 0 Å². The highest BCUT2D eigenvalue weighted by atomic mass is 19.3. The normalized spacial score (nSPS) is 10.1. The summed E-state index contributed by atoms with van der Waals surface area (Å²) in [5.41, 5.74) is 1.85. The third-order valence-corrected chi connectivity index (χ3v) is 1.60. The molecule has 0 saturated carbocycles. The molecule has 0 spiro atoms. The lowest BCUT2D eigenvalue weighted by atomic mass is 10.1. The molecule has 1 rings (SSSR count). The van der Waals surface area contributed by atoms with E-state index in [-0.39, 0.29) is 0 Å². The Hall–Kier alpha value is -1.99. The third kappa shape index (κ3) is 1.53. The van der Waals surface area contributed by atoms with Crippen LogP contribution in [0.15, 0.2) is 0 Å². The Morgan fingerprint density at radius 3 is 2.13 bits per heavy atom. The lowest BCUT2D eigenvalue weighted by Gasteiger charge is -2.07. The van der Waals surface area contributed by atoms with Crippen LogP contribution in [0.4, 0.5) is 23.4 Å². The summed E-state index contributed by atoms with van der Waals surface area (Å²) in [6.45, 7) is 0. The highest BCUT2D eigenvalue weighted by Gasteiger charge is 2.29. The molecule has 8 heteroatoms. The average molecular weight is 225 g/mol. The zero-order chi connectivity index (χ0) is 11.7. The van der Waals surface area contributed by atoms with Crippen molar-refractivity contribution in [1.29, 1.82) is 0 Å². The number of halogens is 4. The van der Waals surface area contributed by atoms with Crippen LogP contribution in [0.3, 0.4) is 0 Å². The van der Waals surface area contributed by atoms with E-state index >= 15 is 0 Å². The van der Waals surface area contributed by atoms with E-state index in [2.05, 4.69) is 4.94 Å². The van der Waals surface area contributed by atoms with Crippen LogP contribution in [0.2, 0.25) is 0 Å². The molecule has 82 valence electrons. The summed E-state index contributed by atoms with van der Waals surface area (Å²) in [6.07, 6.45) is 0. The van der Waals surface area contributed by atoms with Crippen LogP contribution in [0.5, 0.6) is 5.75 Å². The molecule has 4 nitrogen and oxygen atoms in total. The molecule has 0 amide bonds. The molecule has 0 aromatic heterocycles. The number of nitrogen functional groups attached to an aromatic ring is 1. The molecule has 1 aromatic carbocycles. The first-order valence-corrected chi connectivity index (χ1v) is 3.39. The second kappa shape index (κ2) is 3.64. The van der Waals surface area contributed by atoms with Crippen LogP contribution in [0.25, 0.3) is 0 Å². The van der Waals surface area contributed by atoms with E-state index in [0.29, 0.717) is 0 Å². The van der Waals surface area contributed by atoms with Gasteiger partial charge in [-0.2, -0.15) is 4.39 Å². The predicted molar refractivity (Wildman–Crippen MR) is 39.4 cm³/mol. The number of hydrogen-bond donors (Lipinski definition) is 2. The number of benzene rings is 1. The lowest BCUT2D eigenvalue weighted by molar-refractivity contribution is -0.0134. The standard InChI is InChI=1S/C7H3F4NO3/c8-2-1(7(13)14)6(15-11)4(10)3(9)5(2)12/h12H2,(H,13,14). The molecule has 0 aliphatic heterocycles. The van der Waals surface area contributed by atoms with E-state index in [0.717, 1.165) is 0 Å². The summed E-state index contributed by atoms with van der Waals surface area (Å²) >= 11 is 0. The summed E-state index contributed by atoms with van der Waals surface area (Å²) in [7, 11) is 0. The minimum Gasteiger partial charge on any atom is -0.477 e.